The second-order valence-electron chi connectivity index (χ2n) is 8.40. The van der Waals surface area contributed by atoms with Crippen LogP contribution in [0.5, 0.6) is 0 Å². The third-order valence-electron chi connectivity index (χ3n) is 4.71. The van der Waals surface area contributed by atoms with Gasteiger partial charge < -0.3 is 24.4 Å². The molecule has 6 heteroatoms. The van der Waals surface area contributed by atoms with E-state index in [2.05, 4.69) is 0 Å². The summed E-state index contributed by atoms with van der Waals surface area (Å²) in [5.41, 5.74) is -0.475. The smallest absolute Gasteiger partial charge is 0.309 e. The largest absolute Gasteiger partial charge is 0.460 e. The minimum atomic E-state index is -0.827. The maximum atomic E-state index is 12.1. The molecular formula is C19H36O6. The minimum absolute atomic E-state index is 0.115. The summed E-state index contributed by atoms with van der Waals surface area (Å²) in [6, 6.07) is 0. The van der Waals surface area contributed by atoms with Gasteiger partial charge in [0, 0.05) is 6.42 Å². The van der Waals surface area contributed by atoms with Crippen molar-refractivity contribution in [2.45, 2.75) is 104 Å². The van der Waals surface area contributed by atoms with E-state index in [0.717, 1.165) is 12.8 Å². The molecule has 1 saturated heterocycles. The molecule has 1 heterocycles. The SMILES string of the molecule is C[C@H](CC[C@@H](C)[C@@H](C)C(=O)OC(C)(C)C)O[C@@H]1O[C@@H](C)[C@H](O)C[C@H]1O. The molecule has 0 bridgehead atoms. The Kier molecular flexibility index (Phi) is 8.32. The summed E-state index contributed by atoms with van der Waals surface area (Å²) in [6.45, 7) is 13.2. The molecule has 0 aromatic carbocycles. The second kappa shape index (κ2) is 9.31. The Hall–Kier alpha value is -0.690. The molecule has 0 aromatic heterocycles. The fourth-order valence-corrected chi connectivity index (χ4v) is 2.74. The normalized spacial score (nSPS) is 31.2. The molecule has 1 aliphatic heterocycles. The fourth-order valence-electron chi connectivity index (χ4n) is 2.74. The topological polar surface area (TPSA) is 85.2 Å². The molecule has 0 unspecified atom stereocenters. The number of carbonyl (C=O) groups excluding carboxylic acids is 1. The Morgan fingerprint density at radius 2 is 1.76 bits per heavy atom. The van der Waals surface area contributed by atoms with Crippen molar-refractivity contribution in [3.63, 3.8) is 0 Å². The van der Waals surface area contributed by atoms with Crippen LogP contribution in [0.1, 0.15) is 67.7 Å². The molecule has 1 aliphatic rings. The highest BCUT2D eigenvalue weighted by atomic mass is 16.7. The Morgan fingerprint density at radius 3 is 2.32 bits per heavy atom. The van der Waals surface area contributed by atoms with E-state index in [9.17, 15) is 15.0 Å². The molecule has 1 fully saturated rings. The maximum Gasteiger partial charge on any atom is 0.309 e. The second-order valence-corrected chi connectivity index (χ2v) is 8.40. The number of aliphatic hydroxyl groups is 2. The number of esters is 1. The quantitative estimate of drug-likeness (QED) is 0.679. The molecule has 7 atom stereocenters. The Balaban J connectivity index is 2.40. The van der Waals surface area contributed by atoms with Crippen LogP contribution < -0.4 is 0 Å². The van der Waals surface area contributed by atoms with Crippen LogP contribution in [-0.2, 0) is 19.0 Å². The van der Waals surface area contributed by atoms with Gasteiger partial charge >= 0.3 is 5.97 Å². The lowest BCUT2D eigenvalue weighted by molar-refractivity contribution is -0.273. The molecule has 0 aromatic rings. The zero-order valence-corrected chi connectivity index (χ0v) is 16.7. The van der Waals surface area contributed by atoms with Crippen LogP contribution in [0, 0.1) is 11.8 Å². The zero-order chi connectivity index (χ0) is 19.4. The predicted molar refractivity (Wildman–Crippen MR) is 94.9 cm³/mol. The molecule has 0 spiro atoms. The highest BCUT2D eigenvalue weighted by molar-refractivity contribution is 5.72. The molecule has 0 radical (unpaired) electrons. The molecule has 25 heavy (non-hydrogen) atoms. The first kappa shape index (κ1) is 22.4. The highest BCUT2D eigenvalue weighted by Crippen LogP contribution is 2.25. The van der Waals surface area contributed by atoms with Gasteiger partial charge in [0.2, 0.25) is 0 Å². The average molecular weight is 360 g/mol. The van der Waals surface area contributed by atoms with Crippen molar-refractivity contribution < 1.29 is 29.2 Å². The molecule has 6 nitrogen and oxygen atoms in total. The summed E-state index contributed by atoms with van der Waals surface area (Å²) in [7, 11) is 0. The van der Waals surface area contributed by atoms with E-state index >= 15 is 0 Å². The van der Waals surface area contributed by atoms with Gasteiger partial charge in [-0.25, -0.2) is 0 Å². The van der Waals surface area contributed by atoms with Crippen molar-refractivity contribution >= 4 is 5.97 Å². The van der Waals surface area contributed by atoms with Crippen molar-refractivity contribution in [2.75, 3.05) is 0 Å². The van der Waals surface area contributed by atoms with Crippen LogP contribution in [0.4, 0.5) is 0 Å². The molecular weight excluding hydrogens is 324 g/mol. The first-order valence-corrected chi connectivity index (χ1v) is 9.30. The summed E-state index contributed by atoms with van der Waals surface area (Å²) in [6.07, 6.45) is -0.869. The summed E-state index contributed by atoms with van der Waals surface area (Å²) < 4.78 is 16.8. The molecule has 0 amide bonds. The number of aliphatic hydroxyl groups excluding tert-OH is 2. The van der Waals surface area contributed by atoms with Crippen LogP contribution in [0.2, 0.25) is 0 Å². The number of rotatable bonds is 7. The van der Waals surface area contributed by atoms with E-state index in [1.165, 1.54) is 0 Å². The minimum Gasteiger partial charge on any atom is -0.460 e. The van der Waals surface area contributed by atoms with Crippen LogP contribution in [0.3, 0.4) is 0 Å². The first-order chi connectivity index (χ1) is 11.4. The summed E-state index contributed by atoms with van der Waals surface area (Å²) in [5, 5.41) is 19.7. The van der Waals surface area contributed by atoms with Crippen molar-refractivity contribution in [2.24, 2.45) is 11.8 Å². The average Bonchev–Trinajstić information content (AvgIpc) is 2.47. The zero-order valence-electron chi connectivity index (χ0n) is 16.7. The fraction of sp³-hybridized carbons (Fsp3) is 0.947. The maximum absolute atomic E-state index is 12.1. The first-order valence-electron chi connectivity index (χ1n) is 9.30. The monoisotopic (exact) mass is 360 g/mol. The van der Waals surface area contributed by atoms with Crippen molar-refractivity contribution in [1.29, 1.82) is 0 Å². The van der Waals surface area contributed by atoms with Crippen LogP contribution in [0.15, 0.2) is 0 Å². The number of hydrogen-bond donors (Lipinski definition) is 2. The van der Waals surface area contributed by atoms with E-state index in [1.54, 1.807) is 6.92 Å². The van der Waals surface area contributed by atoms with E-state index in [4.69, 9.17) is 14.2 Å². The summed E-state index contributed by atoms with van der Waals surface area (Å²) >= 11 is 0. The van der Waals surface area contributed by atoms with Crippen LogP contribution in [0.25, 0.3) is 0 Å². The third kappa shape index (κ3) is 7.60. The number of ether oxygens (including phenoxy) is 3. The molecule has 148 valence electrons. The van der Waals surface area contributed by atoms with Gasteiger partial charge in [0.25, 0.3) is 0 Å². The molecule has 0 aliphatic carbocycles. The number of hydrogen-bond acceptors (Lipinski definition) is 6. The lowest BCUT2D eigenvalue weighted by atomic mass is 9.90. The van der Waals surface area contributed by atoms with E-state index in [1.807, 2.05) is 41.5 Å². The van der Waals surface area contributed by atoms with E-state index < -0.39 is 24.1 Å². The molecule has 2 N–H and O–H groups in total. The summed E-state index contributed by atoms with van der Waals surface area (Å²) in [4.78, 5) is 12.1. The van der Waals surface area contributed by atoms with E-state index in [0.29, 0.717) is 0 Å². The van der Waals surface area contributed by atoms with Gasteiger partial charge in [0.15, 0.2) is 6.29 Å². The third-order valence-corrected chi connectivity index (χ3v) is 4.71. The predicted octanol–water partition coefficient (Wildman–Crippen LogP) is 2.64. The lowest BCUT2D eigenvalue weighted by Crippen LogP contribution is -2.48. The Morgan fingerprint density at radius 1 is 1.16 bits per heavy atom. The van der Waals surface area contributed by atoms with Gasteiger partial charge in [-0.3, -0.25) is 4.79 Å². The van der Waals surface area contributed by atoms with E-state index in [-0.39, 0.29) is 36.4 Å². The van der Waals surface area contributed by atoms with Gasteiger partial charge in [-0.15, -0.1) is 0 Å². The number of carbonyl (C=O) groups is 1. The van der Waals surface area contributed by atoms with Crippen LogP contribution >= 0.6 is 0 Å². The van der Waals surface area contributed by atoms with Crippen LogP contribution in [-0.4, -0.2) is 52.5 Å². The van der Waals surface area contributed by atoms with Gasteiger partial charge in [-0.1, -0.05) is 13.8 Å². The molecule has 1 rings (SSSR count). The van der Waals surface area contributed by atoms with Gasteiger partial charge in [0.1, 0.15) is 11.7 Å². The summed E-state index contributed by atoms with van der Waals surface area (Å²) in [5.74, 6) is -0.195. The van der Waals surface area contributed by atoms with Gasteiger partial charge in [-0.2, -0.15) is 0 Å². The van der Waals surface area contributed by atoms with Crippen molar-refractivity contribution in [3.05, 3.63) is 0 Å². The van der Waals surface area contributed by atoms with Crippen molar-refractivity contribution in [1.82, 2.24) is 0 Å². The molecule has 0 saturated carbocycles. The van der Waals surface area contributed by atoms with Crippen molar-refractivity contribution in [3.8, 4) is 0 Å². The highest BCUT2D eigenvalue weighted by Gasteiger charge is 2.35. The Labute approximate surface area is 151 Å². The van der Waals surface area contributed by atoms with Gasteiger partial charge in [-0.05, 0) is 53.4 Å². The Bertz CT molecular complexity index is 419. The standard InChI is InChI=1S/C19H36O6/c1-11(13(3)17(22)25-19(5,6)7)8-9-12(2)23-18-16(21)10-15(20)14(4)24-18/h11-16,18,20-21H,8-10H2,1-7H3/t11-,12-,13-,14+,15-,16-,18-/m1/s1. The van der Waals surface area contributed by atoms with Gasteiger partial charge in [0.05, 0.1) is 24.2 Å². The lowest BCUT2D eigenvalue weighted by Gasteiger charge is -2.36.